The number of nitrogens with one attached hydrogen (secondary N) is 1. The fourth-order valence-corrected chi connectivity index (χ4v) is 4.82. The number of benzene rings is 1. The minimum Gasteiger partial charge on any atom is -0.491 e. The molecule has 0 aliphatic carbocycles. The molecule has 3 aromatic rings. The maximum Gasteiger partial charge on any atom is 0.291 e. The second-order valence-electron chi connectivity index (χ2n) is 8.09. The molecule has 1 amide bonds. The maximum atomic E-state index is 12.6. The van der Waals surface area contributed by atoms with Gasteiger partial charge in [-0.25, -0.2) is 4.98 Å². The van der Waals surface area contributed by atoms with Gasteiger partial charge in [0.05, 0.1) is 18.8 Å². The first-order valence-corrected chi connectivity index (χ1v) is 11.9. The van der Waals surface area contributed by atoms with Gasteiger partial charge in [-0.15, -0.1) is 11.3 Å². The molecule has 2 aliphatic heterocycles. The van der Waals surface area contributed by atoms with Gasteiger partial charge in [-0.3, -0.25) is 14.3 Å². The molecule has 5 rings (SSSR count). The largest absolute Gasteiger partial charge is 0.491 e. The van der Waals surface area contributed by atoms with Gasteiger partial charge in [0, 0.05) is 25.0 Å². The Labute approximate surface area is 194 Å². The van der Waals surface area contributed by atoms with E-state index in [0.29, 0.717) is 47.1 Å². The van der Waals surface area contributed by atoms with E-state index in [1.807, 2.05) is 16.7 Å². The van der Waals surface area contributed by atoms with Crippen molar-refractivity contribution in [2.45, 2.75) is 25.5 Å². The maximum absolute atomic E-state index is 12.6. The number of β-amino-alcohol motifs (C(OH)–C–C–N with tert-alkyl or cyclic N) is 1. The molecule has 1 fully saturated rings. The van der Waals surface area contributed by atoms with Crippen molar-refractivity contribution in [3.8, 4) is 11.5 Å². The lowest BCUT2D eigenvalue weighted by Crippen LogP contribution is -2.33. The van der Waals surface area contributed by atoms with Gasteiger partial charge >= 0.3 is 0 Å². The summed E-state index contributed by atoms with van der Waals surface area (Å²) in [6.07, 6.45) is 3.25. The molecule has 2 N–H and O–H groups in total. The van der Waals surface area contributed by atoms with Crippen LogP contribution in [0.1, 0.15) is 22.5 Å². The van der Waals surface area contributed by atoms with Crippen LogP contribution in [0, 0.1) is 0 Å². The zero-order chi connectivity index (χ0) is 22.8. The molecule has 33 heavy (non-hydrogen) atoms. The molecular weight excluding hydrogens is 444 g/mol. The van der Waals surface area contributed by atoms with Crippen LogP contribution < -0.4 is 20.4 Å². The average molecular weight is 471 g/mol. The van der Waals surface area contributed by atoms with Crippen molar-refractivity contribution in [3.63, 3.8) is 0 Å². The van der Waals surface area contributed by atoms with Crippen molar-refractivity contribution in [1.29, 1.82) is 0 Å². The molecule has 11 heteroatoms. The number of ether oxygens (including phenoxy) is 2. The van der Waals surface area contributed by atoms with E-state index in [1.54, 1.807) is 12.6 Å². The Kier molecular flexibility index (Phi) is 6.25. The van der Waals surface area contributed by atoms with E-state index in [9.17, 15) is 9.90 Å². The summed E-state index contributed by atoms with van der Waals surface area (Å²) in [5.41, 5.74) is 2.44. The highest BCUT2D eigenvalue weighted by Crippen LogP contribution is 2.37. The van der Waals surface area contributed by atoms with Crippen LogP contribution >= 0.6 is 11.3 Å². The third-order valence-corrected chi connectivity index (χ3v) is 6.61. The minimum absolute atomic E-state index is 0.150. The number of aromatic nitrogens is 3. The molecule has 174 valence electrons. The van der Waals surface area contributed by atoms with Crippen molar-refractivity contribution in [2.24, 2.45) is 4.99 Å². The smallest absolute Gasteiger partial charge is 0.291 e. The van der Waals surface area contributed by atoms with E-state index in [0.717, 1.165) is 24.3 Å². The highest BCUT2D eigenvalue weighted by atomic mass is 32.1. The first kappa shape index (κ1) is 21.8. The first-order valence-electron chi connectivity index (χ1n) is 11.0. The van der Waals surface area contributed by atoms with Crippen LogP contribution in [0.3, 0.4) is 0 Å². The van der Waals surface area contributed by atoms with Crippen LogP contribution in [-0.4, -0.2) is 76.4 Å². The topological polar surface area (TPSA) is 114 Å². The molecule has 0 saturated carbocycles. The van der Waals surface area contributed by atoms with Crippen molar-refractivity contribution < 1.29 is 19.4 Å². The number of hydrogen-bond acceptors (Lipinski definition) is 9. The summed E-state index contributed by atoms with van der Waals surface area (Å²) in [5, 5.41) is 14.6. The van der Waals surface area contributed by atoms with Crippen molar-refractivity contribution in [3.05, 3.63) is 34.3 Å². The fourth-order valence-electron chi connectivity index (χ4n) is 4.31. The number of nitrogens with zero attached hydrogens (tertiary/aromatic N) is 5. The number of methoxy groups -OCH3 is 1. The van der Waals surface area contributed by atoms with Gasteiger partial charge in [0.2, 0.25) is 5.62 Å². The van der Waals surface area contributed by atoms with E-state index in [2.05, 4.69) is 25.2 Å². The molecule has 0 unspecified atom stereocenters. The lowest BCUT2D eigenvalue weighted by molar-refractivity contribution is 0.0748. The number of carbonyl (C=O) groups is 1. The average Bonchev–Trinajstić information content (AvgIpc) is 3.60. The number of anilines is 1. The SMILES string of the molecule is COc1c(OC[C@@H](O)CN2CCCC2)ccc2c3n(c(=NC(=O)c4cncs4)nc12)CCN3. The van der Waals surface area contributed by atoms with Crippen LogP contribution in [0.25, 0.3) is 10.9 Å². The van der Waals surface area contributed by atoms with Gasteiger partial charge < -0.3 is 24.8 Å². The number of carbonyl (C=O) groups excluding carboxylic acids is 1. The number of hydrogen-bond donors (Lipinski definition) is 2. The van der Waals surface area contributed by atoms with Crippen LogP contribution in [0.15, 0.2) is 28.8 Å². The first-order chi connectivity index (χ1) is 16.1. The second-order valence-corrected chi connectivity index (χ2v) is 8.97. The highest BCUT2D eigenvalue weighted by Gasteiger charge is 2.22. The lowest BCUT2D eigenvalue weighted by atomic mass is 10.2. The molecule has 10 nitrogen and oxygen atoms in total. The summed E-state index contributed by atoms with van der Waals surface area (Å²) in [5.74, 6) is 1.37. The number of fused-ring (bicyclic) bond motifs is 3. The molecule has 1 aromatic carbocycles. The van der Waals surface area contributed by atoms with Gasteiger partial charge in [-0.2, -0.15) is 4.99 Å². The van der Waals surface area contributed by atoms with Crippen molar-refractivity contribution in [1.82, 2.24) is 19.4 Å². The third-order valence-electron chi connectivity index (χ3n) is 5.85. The Morgan fingerprint density at radius 3 is 2.94 bits per heavy atom. The quantitative estimate of drug-likeness (QED) is 0.534. The number of rotatable bonds is 7. The molecule has 2 aliphatic rings. The Morgan fingerprint density at radius 1 is 1.33 bits per heavy atom. The summed E-state index contributed by atoms with van der Waals surface area (Å²) >= 11 is 1.24. The minimum atomic E-state index is -0.601. The van der Waals surface area contributed by atoms with Crippen LogP contribution in [0.5, 0.6) is 11.5 Å². The zero-order valence-electron chi connectivity index (χ0n) is 18.4. The van der Waals surface area contributed by atoms with Gasteiger partial charge in [0.15, 0.2) is 11.5 Å². The summed E-state index contributed by atoms with van der Waals surface area (Å²) in [4.78, 5) is 28.2. The van der Waals surface area contributed by atoms with Crippen LogP contribution in [0.4, 0.5) is 5.82 Å². The van der Waals surface area contributed by atoms with E-state index in [4.69, 9.17) is 9.47 Å². The number of amides is 1. The number of aliphatic hydroxyl groups excluding tert-OH is 1. The summed E-state index contributed by atoms with van der Waals surface area (Å²) in [6.45, 7) is 4.13. The second kappa shape index (κ2) is 9.46. The highest BCUT2D eigenvalue weighted by molar-refractivity contribution is 7.11. The summed E-state index contributed by atoms with van der Waals surface area (Å²) in [7, 11) is 1.55. The van der Waals surface area contributed by atoms with E-state index >= 15 is 0 Å². The lowest BCUT2D eigenvalue weighted by Gasteiger charge is -2.20. The standard InChI is InChI=1S/C22H26N6O4S/c1-31-19-16(32-12-14(29)11-27-7-2-3-8-27)5-4-15-18(19)25-22(28-9-6-24-20(15)28)26-21(30)17-10-23-13-33-17/h4-5,10,13-14,24,29H,2-3,6-9,11-12H2,1H3/t14-/m0/s1. The van der Waals surface area contributed by atoms with Crippen LogP contribution in [0.2, 0.25) is 0 Å². The van der Waals surface area contributed by atoms with Gasteiger partial charge in [0.1, 0.15) is 28.9 Å². The zero-order valence-corrected chi connectivity index (χ0v) is 19.2. The Bertz CT molecular complexity index is 1220. The predicted molar refractivity (Wildman–Crippen MR) is 124 cm³/mol. The fraction of sp³-hybridized carbons (Fsp3) is 0.455. The predicted octanol–water partition coefficient (Wildman–Crippen LogP) is 1.50. The van der Waals surface area contributed by atoms with Crippen molar-refractivity contribution in [2.75, 3.05) is 45.2 Å². The van der Waals surface area contributed by atoms with Gasteiger partial charge in [-0.1, -0.05) is 0 Å². The molecule has 4 heterocycles. The molecule has 0 radical (unpaired) electrons. The number of aliphatic hydroxyl groups is 1. The molecule has 1 atom stereocenters. The van der Waals surface area contributed by atoms with E-state index in [1.165, 1.54) is 30.4 Å². The normalized spacial score (nSPS) is 17.2. The summed E-state index contributed by atoms with van der Waals surface area (Å²) < 4.78 is 13.5. The molecule has 0 spiro atoms. The molecular formula is C22H26N6O4S. The molecule has 1 saturated heterocycles. The molecule has 0 bridgehead atoms. The van der Waals surface area contributed by atoms with E-state index < -0.39 is 6.10 Å². The van der Waals surface area contributed by atoms with E-state index in [-0.39, 0.29) is 12.5 Å². The number of likely N-dealkylation sites (tertiary alicyclic amines) is 1. The van der Waals surface area contributed by atoms with Gasteiger partial charge in [0.25, 0.3) is 5.91 Å². The summed E-state index contributed by atoms with van der Waals surface area (Å²) in [6, 6.07) is 3.73. The third kappa shape index (κ3) is 4.43. The molecule has 2 aromatic heterocycles. The van der Waals surface area contributed by atoms with Crippen LogP contribution in [-0.2, 0) is 6.54 Å². The van der Waals surface area contributed by atoms with Crippen molar-refractivity contribution >= 4 is 34.0 Å². The monoisotopic (exact) mass is 470 g/mol. The Hall–Kier alpha value is -3.02. The van der Waals surface area contributed by atoms with Gasteiger partial charge in [-0.05, 0) is 38.1 Å². The number of thiazole rings is 1. The Morgan fingerprint density at radius 2 is 2.18 bits per heavy atom. The Balaban J connectivity index is 1.48.